The molecular formula is C11H16N2O2S. The Morgan fingerprint density at radius 2 is 2.19 bits per heavy atom. The van der Waals surface area contributed by atoms with Gasteiger partial charge in [0.2, 0.25) is 0 Å². The van der Waals surface area contributed by atoms with Crippen LogP contribution in [-0.2, 0) is 11.2 Å². The standard InChI is InChI=1S/C11H16N2O2S/c1-7-8(16-10(12-7)13(2)3)6-11(4-5-11)9(14)15/h4-6H2,1-3H3,(H,14,15). The Hall–Kier alpha value is -1.10. The van der Waals surface area contributed by atoms with E-state index in [1.165, 1.54) is 0 Å². The van der Waals surface area contributed by atoms with E-state index in [9.17, 15) is 4.79 Å². The van der Waals surface area contributed by atoms with Crippen molar-refractivity contribution < 1.29 is 9.90 Å². The topological polar surface area (TPSA) is 53.4 Å². The summed E-state index contributed by atoms with van der Waals surface area (Å²) in [6, 6.07) is 0. The summed E-state index contributed by atoms with van der Waals surface area (Å²) in [5.41, 5.74) is 0.488. The minimum atomic E-state index is -0.660. The summed E-state index contributed by atoms with van der Waals surface area (Å²) in [4.78, 5) is 18.6. The molecule has 0 atom stereocenters. The van der Waals surface area contributed by atoms with E-state index in [2.05, 4.69) is 4.98 Å². The normalized spacial score (nSPS) is 17.2. The van der Waals surface area contributed by atoms with Crippen LogP contribution in [0.3, 0.4) is 0 Å². The van der Waals surface area contributed by atoms with Crippen LogP contribution in [0, 0.1) is 12.3 Å². The predicted molar refractivity (Wildman–Crippen MR) is 64.2 cm³/mol. The Balaban J connectivity index is 2.19. The molecule has 0 radical (unpaired) electrons. The molecular weight excluding hydrogens is 224 g/mol. The monoisotopic (exact) mass is 240 g/mol. The molecule has 2 rings (SSSR count). The van der Waals surface area contributed by atoms with E-state index in [0.717, 1.165) is 28.5 Å². The summed E-state index contributed by atoms with van der Waals surface area (Å²) in [6.45, 7) is 1.96. The molecule has 1 aromatic heterocycles. The number of anilines is 1. The fourth-order valence-electron chi connectivity index (χ4n) is 1.69. The molecule has 0 saturated heterocycles. The highest BCUT2D eigenvalue weighted by atomic mass is 32.1. The van der Waals surface area contributed by atoms with Crippen molar-refractivity contribution in [3.8, 4) is 0 Å². The maximum atomic E-state index is 11.1. The van der Waals surface area contributed by atoms with E-state index in [-0.39, 0.29) is 0 Å². The smallest absolute Gasteiger partial charge is 0.310 e. The molecule has 88 valence electrons. The molecule has 0 spiro atoms. The van der Waals surface area contributed by atoms with Crippen LogP contribution in [0.4, 0.5) is 5.13 Å². The Kier molecular flexibility index (Phi) is 2.66. The summed E-state index contributed by atoms with van der Waals surface area (Å²) in [6.07, 6.45) is 2.24. The van der Waals surface area contributed by atoms with Crippen molar-refractivity contribution in [3.05, 3.63) is 10.6 Å². The van der Waals surface area contributed by atoms with Crippen LogP contribution in [-0.4, -0.2) is 30.2 Å². The van der Waals surface area contributed by atoms with E-state index in [1.54, 1.807) is 11.3 Å². The second kappa shape index (κ2) is 3.73. The van der Waals surface area contributed by atoms with Crippen LogP contribution in [0.15, 0.2) is 0 Å². The Morgan fingerprint density at radius 1 is 1.56 bits per heavy atom. The molecule has 0 aromatic carbocycles. The second-order valence-electron chi connectivity index (χ2n) is 4.66. The molecule has 0 aliphatic heterocycles. The zero-order valence-electron chi connectivity index (χ0n) is 9.78. The van der Waals surface area contributed by atoms with E-state index in [0.29, 0.717) is 6.42 Å². The number of carboxylic acids is 1. The number of carbonyl (C=O) groups is 1. The van der Waals surface area contributed by atoms with Gasteiger partial charge in [-0.05, 0) is 26.2 Å². The minimum Gasteiger partial charge on any atom is -0.481 e. The first-order valence-electron chi connectivity index (χ1n) is 5.32. The van der Waals surface area contributed by atoms with E-state index in [1.807, 2.05) is 25.9 Å². The molecule has 1 aliphatic carbocycles. The van der Waals surface area contributed by atoms with Gasteiger partial charge in [-0.15, -0.1) is 11.3 Å². The third kappa shape index (κ3) is 1.91. The summed E-state index contributed by atoms with van der Waals surface area (Å²) < 4.78 is 0. The van der Waals surface area contributed by atoms with Gasteiger partial charge >= 0.3 is 5.97 Å². The van der Waals surface area contributed by atoms with Crippen LogP contribution in [0.5, 0.6) is 0 Å². The van der Waals surface area contributed by atoms with Crippen LogP contribution in [0.25, 0.3) is 0 Å². The van der Waals surface area contributed by atoms with Crippen molar-refractivity contribution in [2.24, 2.45) is 5.41 Å². The lowest BCUT2D eigenvalue weighted by atomic mass is 10.0. The third-order valence-electron chi connectivity index (χ3n) is 3.07. The minimum absolute atomic E-state index is 0.485. The molecule has 1 heterocycles. The number of hydrogen-bond donors (Lipinski definition) is 1. The van der Waals surface area contributed by atoms with Gasteiger partial charge in [-0.25, -0.2) is 4.98 Å². The van der Waals surface area contributed by atoms with E-state index >= 15 is 0 Å². The first-order valence-corrected chi connectivity index (χ1v) is 6.13. The lowest BCUT2D eigenvalue weighted by Gasteiger charge is -2.08. The lowest BCUT2D eigenvalue weighted by Crippen LogP contribution is -2.17. The Morgan fingerprint density at radius 3 is 2.56 bits per heavy atom. The van der Waals surface area contributed by atoms with Crippen LogP contribution >= 0.6 is 11.3 Å². The second-order valence-corrected chi connectivity index (χ2v) is 5.72. The molecule has 0 amide bonds. The zero-order valence-corrected chi connectivity index (χ0v) is 10.6. The largest absolute Gasteiger partial charge is 0.481 e. The number of aryl methyl sites for hydroxylation is 1. The van der Waals surface area contributed by atoms with Crippen LogP contribution < -0.4 is 4.90 Å². The average molecular weight is 240 g/mol. The fourth-order valence-corrected chi connectivity index (χ4v) is 2.82. The SMILES string of the molecule is Cc1nc(N(C)C)sc1CC1(C(=O)O)CC1. The van der Waals surface area contributed by atoms with Gasteiger partial charge in [0, 0.05) is 19.0 Å². The number of carboxylic acid groups (broad SMARTS) is 1. The molecule has 1 aliphatic rings. The Bertz CT molecular complexity index is 422. The maximum Gasteiger partial charge on any atom is 0.310 e. The van der Waals surface area contributed by atoms with Crippen molar-refractivity contribution in [3.63, 3.8) is 0 Å². The molecule has 1 fully saturated rings. The summed E-state index contributed by atoms with van der Waals surface area (Å²) >= 11 is 1.60. The maximum absolute atomic E-state index is 11.1. The lowest BCUT2D eigenvalue weighted by molar-refractivity contribution is -0.143. The van der Waals surface area contributed by atoms with Crippen LogP contribution in [0.1, 0.15) is 23.4 Å². The van der Waals surface area contributed by atoms with Gasteiger partial charge in [-0.1, -0.05) is 0 Å². The average Bonchev–Trinajstić information content (AvgIpc) is 2.87. The van der Waals surface area contributed by atoms with Gasteiger partial charge in [-0.3, -0.25) is 4.79 Å². The van der Waals surface area contributed by atoms with Crippen LogP contribution in [0.2, 0.25) is 0 Å². The summed E-state index contributed by atoms with van der Waals surface area (Å²) in [5, 5.41) is 10.1. The number of aliphatic carboxylic acids is 1. The molecule has 1 N–H and O–H groups in total. The first kappa shape index (κ1) is 11.4. The van der Waals surface area contributed by atoms with Crippen molar-refractivity contribution >= 4 is 22.4 Å². The number of hydrogen-bond acceptors (Lipinski definition) is 4. The fraction of sp³-hybridized carbons (Fsp3) is 0.636. The number of thiazole rings is 1. The highest BCUT2D eigenvalue weighted by Gasteiger charge is 2.50. The molecule has 1 aromatic rings. The van der Waals surface area contributed by atoms with Crippen molar-refractivity contribution in [1.29, 1.82) is 0 Å². The summed E-state index contributed by atoms with van der Waals surface area (Å²) in [7, 11) is 3.90. The third-order valence-corrected chi connectivity index (χ3v) is 4.40. The summed E-state index contributed by atoms with van der Waals surface area (Å²) in [5.74, 6) is -0.660. The molecule has 0 unspecified atom stereocenters. The van der Waals surface area contributed by atoms with Gasteiger partial charge in [0.1, 0.15) is 0 Å². The first-order chi connectivity index (χ1) is 7.44. The number of aromatic nitrogens is 1. The van der Waals surface area contributed by atoms with Gasteiger partial charge in [0.25, 0.3) is 0 Å². The van der Waals surface area contributed by atoms with E-state index in [4.69, 9.17) is 5.11 Å². The molecule has 16 heavy (non-hydrogen) atoms. The molecule has 5 heteroatoms. The van der Waals surface area contributed by atoms with Crippen molar-refractivity contribution in [1.82, 2.24) is 4.98 Å². The van der Waals surface area contributed by atoms with Gasteiger partial charge in [0.15, 0.2) is 5.13 Å². The van der Waals surface area contributed by atoms with Gasteiger partial charge in [-0.2, -0.15) is 0 Å². The molecule has 1 saturated carbocycles. The predicted octanol–water partition coefficient (Wildman–Crippen LogP) is 1.92. The quantitative estimate of drug-likeness (QED) is 0.873. The zero-order chi connectivity index (χ0) is 11.9. The van der Waals surface area contributed by atoms with Crippen molar-refractivity contribution in [2.75, 3.05) is 19.0 Å². The number of nitrogens with zero attached hydrogens (tertiary/aromatic N) is 2. The molecule has 4 nitrogen and oxygen atoms in total. The highest BCUT2D eigenvalue weighted by Crippen LogP contribution is 2.50. The van der Waals surface area contributed by atoms with Gasteiger partial charge < -0.3 is 10.0 Å². The highest BCUT2D eigenvalue weighted by molar-refractivity contribution is 7.15. The van der Waals surface area contributed by atoms with Crippen molar-refractivity contribution in [2.45, 2.75) is 26.2 Å². The Labute approximate surface area is 98.9 Å². The number of rotatable bonds is 4. The van der Waals surface area contributed by atoms with Gasteiger partial charge in [0.05, 0.1) is 11.1 Å². The molecule has 0 bridgehead atoms. The van der Waals surface area contributed by atoms with E-state index < -0.39 is 11.4 Å².